The zero-order valence-corrected chi connectivity index (χ0v) is 9.67. The van der Waals surface area contributed by atoms with Crippen LogP contribution in [0.3, 0.4) is 0 Å². The zero-order chi connectivity index (χ0) is 8.69. The van der Waals surface area contributed by atoms with Crippen molar-refractivity contribution in [3.05, 3.63) is 12.7 Å². The molecule has 0 amide bonds. The van der Waals surface area contributed by atoms with Crippen molar-refractivity contribution in [2.24, 2.45) is 0 Å². The maximum atomic E-state index is 3.84. The number of nitrogens with zero attached hydrogens (tertiary/aromatic N) is 1. The second kappa shape index (κ2) is 7.10. The summed E-state index contributed by atoms with van der Waals surface area (Å²) in [4.78, 5) is 2.45. The minimum absolute atomic E-state index is 0.576. The van der Waals surface area contributed by atoms with E-state index < -0.39 is 0 Å². The van der Waals surface area contributed by atoms with E-state index in [1.54, 1.807) is 0 Å². The third-order valence-corrected chi connectivity index (χ3v) is 2.70. The smallest absolute Gasteiger partial charge is 0.0511 e. The fourth-order valence-corrected chi connectivity index (χ4v) is 2.02. The molecule has 0 saturated carbocycles. The highest BCUT2D eigenvalue weighted by molar-refractivity contribution is 14.1. The quantitative estimate of drug-likeness (QED) is 0.309. The molecule has 0 aliphatic heterocycles. The van der Waals surface area contributed by atoms with Gasteiger partial charge in [0, 0.05) is 6.04 Å². The summed E-state index contributed by atoms with van der Waals surface area (Å²) in [7, 11) is 0. The molecule has 0 radical (unpaired) electrons. The molecule has 0 fully saturated rings. The van der Waals surface area contributed by atoms with E-state index >= 15 is 0 Å². The Morgan fingerprint density at radius 2 is 2.18 bits per heavy atom. The van der Waals surface area contributed by atoms with Crippen LogP contribution in [-0.2, 0) is 0 Å². The van der Waals surface area contributed by atoms with E-state index in [2.05, 4.69) is 47.9 Å². The predicted molar refractivity (Wildman–Crippen MR) is 60.2 cm³/mol. The van der Waals surface area contributed by atoms with E-state index in [9.17, 15) is 0 Å². The van der Waals surface area contributed by atoms with Crippen LogP contribution < -0.4 is 0 Å². The third kappa shape index (κ3) is 4.11. The van der Waals surface area contributed by atoms with Gasteiger partial charge in [-0.05, 0) is 19.4 Å². The average Bonchev–Trinajstić information content (AvgIpc) is 2.05. The Morgan fingerprint density at radius 3 is 2.45 bits per heavy atom. The molecule has 1 atom stereocenters. The van der Waals surface area contributed by atoms with Crippen LogP contribution in [0, 0.1) is 0 Å². The summed E-state index contributed by atoms with van der Waals surface area (Å²) < 4.78 is 1.11. The Balaban J connectivity index is 3.86. The van der Waals surface area contributed by atoms with Crippen LogP contribution in [0.1, 0.15) is 26.7 Å². The standard InChI is InChI=1S/C9H18IN/c1-4-7-11(8-10)9(5-2)6-3/h5,9H,2,4,6-8H2,1,3H3. The van der Waals surface area contributed by atoms with Gasteiger partial charge in [-0.3, -0.25) is 4.90 Å². The first kappa shape index (κ1) is 11.4. The largest absolute Gasteiger partial charge is 0.288 e. The van der Waals surface area contributed by atoms with E-state index in [-0.39, 0.29) is 0 Å². The monoisotopic (exact) mass is 267 g/mol. The Morgan fingerprint density at radius 1 is 1.55 bits per heavy atom. The first-order chi connectivity index (χ1) is 5.29. The highest BCUT2D eigenvalue weighted by Gasteiger charge is 2.09. The highest BCUT2D eigenvalue weighted by atomic mass is 127. The average molecular weight is 267 g/mol. The van der Waals surface area contributed by atoms with Gasteiger partial charge in [-0.25, -0.2) is 0 Å². The lowest BCUT2D eigenvalue weighted by molar-refractivity contribution is 0.271. The summed E-state index contributed by atoms with van der Waals surface area (Å²) in [6.45, 7) is 9.45. The maximum absolute atomic E-state index is 3.84. The van der Waals surface area contributed by atoms with Gasteiger partial charge in [0.15, 0.2) is 0 Å². The van der Waals surface area contributed by atoms with Gasteiger partial charge in [-0.2, -0.15) is 0 Å². The molecule has 0 heterocycles. The summed E-state index contributed by atoms with van der Waals surface area (Å²) in [5.41, 5.74) is 0. The molecule has 2 heteroatoms. The van der Waals surface area contributed by atoms with Crippen LogP contribution in [-0.4, -0.2) is 22.0 Å². The van der Waals surface area contributed by atoms with Crippen molar-refractivity contribution in [3.63, 3.8) is 0 Å². The van der Waals surface area contributed by atoms with E-state index in [0.29, 0.717) is 6.04 Å². The van der Waals surface area contributed by atoms with Gasteiger partial charge in [0.1, 0.15) is 0 Å². The molecule has 66 valence electrons. The SMILES string of the molecule is C=CC(CC)N(CI)CCC. The van der Waals surface area contributed by atoms with Gasteiger partial charge >= 0.3 is 0 Å². The molecule has 1 nitrogen and oxygen atoms in total. The Bertz CT molecular complexity index is 104. The van der Waals surface area contributed by atoms with Crippen LogP contribution >= 0.6 is 22.6 Å². The topological polar surface area (TPSA) is 3.24 Å². The van der Waals surface area contributed by atoms with Crippen LogP contribution in [0.25, 0.3) is 0 Å². The summed E-state index contributed by atoms with van der Waals surface area (Å²) in [6.07, 6.45) is 4.45. The molecule has 0 aliphatic carbocycles. The molecular formula is C9H18IN. The molecule has 11 heavy (non-hydrogen) atoms. The molecule has 0 saturated heterocycles. The predicted octanol–water partition coefficient (Wildman–Crippen LogP) is 3.06. The fraction of sp³-hybridized carbons (Fsp3) is 0.778. The molecular weight excluding hydrogens is 249 g/mol. The minimum atomic E-state index is 0.576. The van der Waals surface area contributed by atoms with E-state index in [4.69, 9.17) is 0 Å². The number of hydrogen-bond donors (Lipinski definition) is 0. The fourth-order valence-electron chi connectivity index (χ4n) is 1.18. The summed E-state index contributed by atoms with van der Waals surface area (Å²) in [6, 6.07) is 0.576. The van der Waals surface area contributed by atoms with Gasteiger partial charge in [0.2, 0.25) is 0 Å². The lowest BCUT2D eigenvalue weighted by Crippen LogP contribution is -2.32. The van der Waals surface area contributed by atoms with Crippen molar-refractivity contribution in [3.8, 4) is 0 Å². The van der Waals surface area contributed by atoms with Crippen LogP contribution in [0.15, 0.2) is 12.7 Å². The molecule has 0 bridgehead atoms. The first-order valence-corrected chi connectivity index (χ1v) is 5.75. The molecule has 0 spiro atoms. The van der Waals surface area contributed by atoms with Gasteiger partial charge in [0.25, 0.3) is 0 Å². The van der Waals surface area contributed by atoms with Crippen molar-refractivity contribution in [1.29, 1.82) is 0 Å². The van der Waals surface area contributed by atoms with E-state index in [0.717, 1.165) is 4.55 Å². The normalized spacial score (nSPS) is 13.5. The van der Waals surface area contributed by atoms with Crippen molar-refractivity contribution in [2.45, 2.75) is 32.7 Å². The van der Waals surface area contributed by atoms with Crippen molar-refractivity contribution >= 4 is 22.6 Å². The van der Waals surface area contributed by atoms with Gasteiger partial charge in [-0.15, -0.1) is 6.58 Å². The second-order valence-corrected chi connectivity index (χ2v) is 3.33. The Kier molecular flexibility index (Phi) is 7.38. The lowest BCUT2D eigenvalue weighted by atomic mass is 10.2. The first-order valence-electron chi connectivity index (χ1n) is 4.22. The maximum Gasteiger partial charge on any atom is 0.0511 e. The van der Waals surface area contributed by atoms with E-state index in [1.165, 1.54) is 19.4 Å². The molecule has 0 aromatic heterocycles. The molecule has 0 aromatic rings. The molecule has 0 N–H and O–H groups in total. The Hall–Kier alpha value is 0.430. The van der Waals surface area contributed by atoms with Gasteiger partial charge < -0.3 is 0 Å². The number of hydrogen-bond acceptors (Lipinski definition) is 1. The third-order valence-electron chi connectivity index (χ3n) is 1.82. The van der Waals surface area contributed by atoms with E-state index in [1.807, 2.05) is 6.08 Å². The van der Waals surface area contributed by atoms with Crippen LogP contribution in [0.2, 0.25) is 0 Å². The summed E-state index contributed by atoms with van der Waals surface area (Å²) in [5.74, 6) is 0. The van der Waals surface area contributed by atoms with Crippen molar-refractivity contribution in [2.75, 3.05) is 11.1 Å². The minimum Gasteiger partial charge on any atom is -0.288 e. The van der Waals surface area contributed by atoms with Crippen LogP contribution in [0.5, 0.6) is 0 Å². The number of alkyl halides is 1. The number of halogens is 1. The zero-order valence-electron chi connectivity index (χ0n) is 7.52. The summed E-state index contributed by atoms with van der Waals surface area (Å²) in [5, 5.41) is 0. The molecule has 0 aliphatic rings. The molecule has 1 unspecified atom stereocenters. The van der Waals surface area contributed by atoms with Crippen molar-refractivity contribution in [1.82, 2.24) is 4.90 Å². The highest BCUT2D eigenvalue weighted by Crippen LogP contribution is 2.07. The lowest BCUT2D eigenvalue weighted by Gasteiger charge is -2.25. The summed E-state index contributed by atoms with van der Waals surface area (Å²) >= 11 is 2.41. The Labute approximate surface area is 84.0 Å². The molecule has 0 aromatic carbocycles. The van der Waals surface area contributed by atoms with Crippen molar-refractivity contribution < 1.29 is 0 Å². The van der Waals surface area contributed by atoms with Gasteiger partial charge in [0.05, 0.1) is 4.55 Å². The number of rotatable bonds is 6. The second-order valence-electron chi connectivity index (χ2n) is 2.64. The van der Waals surface area contributed by atoms with Crippen LogP contribution in [0.4, 0.5) is 0 Å². The molecule has 0 rings (SSSR count). The van der Waals surface area contributed by atoms with Gasteiger partial charge in [-0.1, -0.05) is 42.5 Å².